The van der Waals surface area contributed by atoms with Gasteiger partial charge in [-0.05, 0) is 43.8 Å². The summed E-state index contributed by atoms with van der Waals surface area (Å²) in [5, 5.41) is 8.42. The quantitative estimate of drug-likeness (QED) is 0.227. The minimum Gasteiger partial charge on any atom is -0.329 e. The molecule has 0 fully saturated rings. The second-order valence-corrected chi connectivity index (χ2v) is 10.6. The molecule has 0 saturated heterocycles. The summed E-state index contributed by atoms with van der Waals surface area (Å²) in [6.45, 7) is 10.1. The van der Waals surface area contributed by atoms with Gasteiger partial charge in [0.25, 0.3) is 0 Å². The number of hydrogen-bond donors (Lipinski definition) is 0. The lowest BCUT2D eigenvalue weighted by atomic mass is 10.1. The van der Waals surface area contributed by atoms with Crippen LogP contribution in [-0.4, -0.2) is 45.0 Å². The molecule has 4 rings (SSSR count). The molecular formula is C25H27N6O2P. The molecule has 2 aromatic carbocycles. The van der Waals surface area contributed by atoms with Crippen LogP contribution in [0.25, 0.3) is 28.6 Å². The summed E-state index contributed by atoms with van der Waals surface area (Å²) >= 11 is 0. The third-order valence-corrected chi connectivity index (χ3v) is 7.03. The van der Waals surface area contributed by atoms with E-state index in [-0.39, 0.29) is 0 Å². The Morgan fingerprint density at radius 1 is 1.18 bits per heavy atom. The number of aliphatic imine (C=N–C) groups is 1. The molecule has 0 aliphatic carbocycles. The molecule has 0 saturated carbocycles. The number of aromatic nitrogens is 5. The van der Waals surface area contributed by atoms with Gasteiger partial charge in [0.05, 0.1) is 30.7 Å². The fourth-order valence-electron chi connectivity index (χ4n) is 3.76. The highest BCUT2D eigenvalue weighted by Crippen LogP contribution is 2.46. The first kappa shape index (κ1) is 23.7. The summed E-state index contributed by atoms with van der Waals surface area (Å²) in [6, 6.07) is 13.8. The lowest BCUT2D eigenvalue weighted by Gasteiger charge is -2.12. The first-order valence-electron chi connectivity index (χ1n) is 11.0. The van der Waals surface area contributed by atoms with Crippen molar-refractivity contribution >= 4 is 37.1 Å². The fourth-order valence-corrected chi connectivity index (χ4v) is 5.28. The molecule has 0 aliphatic rings. The van der Waals surface area contributed by atoms with Crippen molar-refractivity contribution in [1.82, 2.24) is 25.0 Å². The van der Waals surface area contributed by atoms with Crippen molar-refractivity contribution < 1.29 is 9.09 Å². The summed E-state index contributed by atoms with van der Waals surface area (Å²) in [5.41, 5.74) is 6.54. The van der Waals surface area contributed by atoms with Gasteiger partial charge in [-0.15, -0.1) is 5.10 Å². The number of allylic oxidation sites excluding steroid dienone is 1. The molecule has 1 atom stereocenters. The number of hydrogen-bond acceptors (Lipinski definition) is 7. The van der Waals surface area contributed by atoms with E-state index in [0.717, 1.165) is 27.9 Å². The average molecular weight is 475 g/mol. The Bertz CT molecular complexity index is 1390. The molecule has 1 unspecified atom stereocenters. The summed E-state index contributed by atoms with van der Waals surface area (Å²) < 4.78 is 19.6. The van der Waals surface area contributed by atoms with Crippen molar-refractivity contribution in [2.75, 3.05) is 13.3 Å². The van der Waals surface area contributed by atoms with Gasteiger partial charge in [-0.2, -0.15) is 0 Å². The highest BCUT2D eigenvalue weighted by atomic mass is 31.2. The normalized spacial score (nSPS) is 13.4. The maximum atomic E-state index is 12.5. The lowest BCUT2D eigenvalue weighted by Crippen LogP contribution is -2.04. The third kappa shape index (κ3) is 5.35. The van der Waals surface area contributed by atoms with Gasteiger partial charge < -0.3 is 4.52 Å². The Kier molecular flexibility index (Phi) is 7.10. The SMILES string of the molecule is C=Nc1ccc(Cn2nnc3ncc(-c4ccc(CP(C)(=O)OCC)cc4)nc32)cc1/C=C\C. The predicted molar refractivity (Wildman–Crippen MR) is 137 cm³/mol. The molecule has 4 aromatic rings. The minimum absolute atomic E-state index is 0.401. The van der Waals surface area contributed by atoms with Crippen molar-refractivity contribution in [2.24, 2.45) is 4.99 Å². The molecule has 0 N–H and O–H groups in total. The van der Waals surface area contributed by atoms with Crippen molar-refractivity contribution in [3.8, 4) is 11.3 Å². The zero-order valence-corrected chi connectivity index (χ0v) is 20.4. The first-order valence-corrected chi connectivity index (χ1v) is 13.3. The highest BCUT2D eigenvalue weighted by molar-refractivity contribution is 7.57. The van der Waals surface area contributed by atoms with Gasteiger partial charge in [0.2, 0.25) is 13.0 Å². The monoisotopic (exact) mass is 474 g/mol. The Balaban J connectivity index is 1.60. The van der Waals surface area contributed by atoms with Crippen molar-refractivity contribution in [1.29, 1.82) is 0 Å². The Labute approximate surface area is 198 Å². The highest BCUT2D eigenvalue weighted by Gasteiger charge is 2.16. The predicted octanol–water partition coefficient (Wildman–Crippen LogP) is 5.75. The number of benzene rings is 2. The second kappa shape index (κ2) is 10.2. The van der Waals surface area contributed by atoms with E-state index in [4.69, 9.17) is 9.51 Å². The van der Waals surface area contributed by atoms with Crippen LogP contribution in [0.5, 0.6) is 0 Å². The van der Waals surface area contributed by atoms with E-state index in [9.17, 15) is 4.57 Å². The molecule has 0 spiro atoms. The van der Waals surface area contributed by atoms with Crippen molar-refractivity contribution in [2.45, 2.75) is 26.6 Å². The smallest absolute Gasteiger partial charge is 0.221 e. The third-order valence-electron chi connectivity index (χ3n) is 5.29. The molecule has 34 heavy (non-hydrogen) atoms. The van der Waals surface area contributed by atoms with Crippen LogP contribution in [0.1, 0.15) is 30.5 Å². The Morgan fingerprint density at radius 3 is 2.65 bits per heavy atom. The molecule has 2 aromatic heterocycles. The van der Waals surface area contributed by atoms with E-state index in [2.05, 4.69) is 33.1 Å². The van der Waals surface area contributed by atoms with Crippen molar-refractivity contribution in [3.63, 3.8) is 0 Å². The van der Waals surface area contributed by atoms with E-state index in [1.807, 2.05) is 62.4 Å². The first-order chi connectivity index (χ1) is 16.4. The number of fused-ring (bicyclic) bond motifs is 1. The van der Waals surface area contributed by atoms with Crippen LogP contribution < -0.4 is 0 Å². The van der Waals surface area contributed by atoms with E-state index < -0.39 is 7.37 Å². The van der Waals surface area contributed by atoms with Crippen LogP contribution >= 0.6 is 7.37 Å². The standard InChI is InChI=1S/C25H27N6O2P/c1-5-7-21-14-19(10-13-22(21)26-3)16-31-25-24(29-30-31)27-15-23(28-25)20-11-8-18(9-12-20)17-34(4,32)33-6-2/h5,7-15H,3,6,16-17H2,1-2,4H3/b7-5-. The van der Waals surface area contributed by atoms with Gasteiger partial charge in [-0.1, -0.05) is 47.7 Å². The molecule has 0 bridgehead atoms. The zero-order valence-electron chi connectivity index (χ0n) is 19.5. The van der Waals surface area contributed by atoms with Crippen LogP contribution in [0.15, 0.2) is 59.7 Å². The zero-order chi connectivity index (χ0) is 24.1. The lowest BCUT2D eigenvalue weighted by molar-refractivity contribution is 0.336. The van der Waals surface area contributed by atoms with Crippen LogP contribution in [0.4, 0.5) is 5.69 Å². The summed E-state index contributed by atoms with van der Waals surface area (Å²) in [4.78, 5) is 13.3. The molecule has 2 heterocycles. The molecule has 174 valence electrons. The maximum absolute atomic E-state index is 12.5. The van der Waals surface area contributed by atoms with Crippen LogP contribution in [-0.2, 0) is 21.8 Å². The van der Waals surface area contributed by atoms with Gasteiger partial charge >= 0.3 is 0 Å². The average Bonchev–Trinajstić information content (AvgIpc) is 3.21. The summed E-state index contributed by atoms with van der Waals surface area (Å²) in [5.74, 6) is 0. The minimum atomic E-state index is -2.64. The molecule has 0 radical (unpaired) electrons. The van der Waals surface area contributed by atoms with Gasteiger partial charge in [0.1, 0.15) is 0 Å². The van der Waals surface area contributed by atoms with E-state index >= 15 is 0 Å². The second-order valence-electron chi connectivity index (χ2n) is 7.99. The van der Waals surface area contributed by atoms with Gasteiger partial charge in [0, 0.05) is 24.0 Å². The topological polar surface area (TPSA) is 95.2 Å². The maximum Gasteiger partial charge on any atom is 0.221 e. The van der Waals surface area contributed by atoms with Gasteiger partial charge in [-0.3, -0.25) is 9.56 Å². The summed E-state index contributed by atoms with van der Waals surface area (Å²) in [6.07, 6.45) is 6.06. The Morgan fingerprint density at radius 2 is 1.94 bits per heavy atom. The fraction of sp³-hybridized carbons (Fsp3) is 0.240. The Hall–Kier alpha value is -3.48. The van der Waals surface area contributed by atoms with E-state index in [1.165, 1.54) is 0 Å². The number of nitrogens with zero attached hydrogens (tertiary/aromatic N) is 6. The van der Waals surface area contributed by atoms with Gasteiger partial charge in [0.15, 0.2) is 5.65 Å². The molecule has 0 amide bonds. The number of rotatable bonds is 9. The molecular weight excluding hydrogens is 447 g/mol. The van der Waals surface area contributed by atoms with E-state index in [1.54, 1.807) is 17.5 Å². The molecule has 9 heteroatoms. The van der Waals surface area contributed by atoms with Crippen molar-refractivity contribution in [3.05, 3.63) is 71.4 Å². The van der Waals surface area contributed by atoms with Crippen LogP contribution in [0.2, 0.25) is 0 Å². The van der Waals surface area contributed by atoms with Crippen LogP contribution in [0, 0.1) is 0 Å². The summed E-state index contributed by atoms with van der Waals surface area (Å²) in [7, 11) is -2.64. The largest absolute Gasteiger partial charge is 0.329 e. The molecule has 0 aliphatic heterocycles. The van der Waals surface area contributed by atoms with E-state index in [0.29, 0.717) is 36.3 Å². The molecule has 8 nitrogen and oxygen atoms in total. The van der Waals surface area contributed by atoms with Crippen LogP contribution in [0.3, 0.4) is 0 Å². The van der Waals surface area contributed by atoms with Gasteiger partial charge in [-0.25, -0.2) is 14.6 Å².